The van der Waals surface area contributed by atoms with Crippen molar-refractivity contribution in [1.82, 2.24) is 9.97 Å². The number of nitrogens with two attached hydrogens (primary N) is 1. The van der Waals surface area contributed by atoms with Crippen molar-refractivity contribution in [2.45, 2.75) is 68.6 Å². The monoisotopic (exact) mass is 400 g/mol. The summed E-state index contributed by atoms with van der Waals surface area (Å²) in [5.74, 6) is -0.555. The molecule has 3 heterocycles. The van der Waals surface area contributed by atoms with Crippen LogP contribution in [0.1, 0.15) is 33.6 Å². The van der Waals surface area contributed by atoms with Crippen LogP contribution in [0.2, 0.25) is 0 Å². The van der Waals surface area contributed by atoms with Gasteiger partial charge in [-0.1, -0.05) is 32.5 Å². The fourth-order valence-corrected chi connectivity index (χ4v) is 4.10. The Morgan fingerprint density at radius 1 is 1.52 bits per heavy atom. The predicted molar refractivity (Wildman–Crippen MR) is 97.9 cm³/mol. The first kappa shape index (κ1) is 19.9. The average Bonchev–Trinajstić information content (AvgIpc) is 3.11. The van der Waals surface area contributed by atoms with Crippen molar-refractivity contribution >= 4 is 29.5 Å². The molecule has 150 valence electrons. The maximum absolute atomic E-state index is 12.0. The fraction of sp³-hybridized carbons (Fsp3) is 0.688. The molecule has 1 aromatic rings. The quantitative estimate of drug-likeness (QED) is 0.497. The number of ether oxygens (including phenoxy) is 2. The summed E-state index contributed by atoms with van der Waals surface area (Å²) in [5.41, 5.74) is 3.98. The van der Waals surface area contributed by atoms with E-state index in [-0.39, 0.29) is 35.0 Å². The van der Waals surface area contributed by atoms with E-state index in [0.717, 1.165) is 11.8 Å². The number of nitrogen functional groups attached to an aromatic ring is 1. The Morgan fingerprint density at radius 3 is 2.85 bits per heavy atom. The summed E-state index contributed by atoms with van der Waals surface area (Å²) in [6.07, 6.45) is -2.25. The SMILES string of the molecule is CC[C@H](OC(=O)C(C)C)[C@@H]1C[C@@H](O)[C@H](N2c3nc(N)[nH]c(=O)c3SC2O)O1. The second-order valence-corrected chi connectivity index (χ2v) is 7.93. The van der Waals surface area contributed by atoms with Gasteiger partial charge >= 0.3 is 5.97 Å². The van der Waals surface area contributed by atoms with Gasteiger partial charge in [0, 0.05) is 6.42 Å². The molecule has 0 saturated carbocycles. The number of anilines is 2. The highest BCUT2D eigenvalue weighted by atomic mass is 32.2. The molecule has 1 aromatic heterocycles. The number of aromatic nitrogens is 2. The number of rotatable bonds is 5. The van der Waals surface area contributed by atoms with E-state index in [2.05, 4.69) is 9.97 Å². The van der Waals surface area contributed by atoms with E-state index in [1.807, 2.05) is 6.92 Å². The van der Waals surface area contributed by atoms with Crippen molar-refractivity contribution in [3.05, 3.63) is 10.4 Å². The largest absolute Gasteiger partial charge is 0.459 e. The van der Waals surface area contributed by atoms with Crippen LogP contribution < -0.4 is 16.2 Å². The molecule has 0 aromatic carbocycles. The van der Waals surface area contributed by atoms with Crippen LogP contribution in [0.25, 0.3) is 0 Å². The summed E-state index contributed by atoms with van der Waals surface area (Å²) in [5, 5.41) is 20.9. The zero-order chi connectivity index (χ0) is 19.9. The maximum atomic E-state index is 12.0. The summed E-state index contributed by atoms with van der Waals surface area (Å²) in [7, 11) is 0. The third kappa shape index (κ3) is 3.77. The molecule has 0 amide bonds. The molecule has 2 aliphatic rings. The number of thioether (sulfide) groups is 1. The molecule has 3 rings (SSSR count). The number of carbonyl (C=O) groups is 1. The summed E-state index contributed by atoms with van der Waals surface area (Å²) < 4.78 is 11.4. The highest BCUT2D eigenvalue weighted by Gasteiger charge is 2.48. The molecule has 1 unspecified atom stereocenters. The molecular formula is C16H24N4O6S. The van der Waals surface area contributed by atoms with E-state index in [1.54, 1.807) is 13.8 Å². The lowest BCUT2D eigenvalue weighted by molar-refractivity contribution is -0.161. The van der Waals surface area contributed by atoms with Gasteiger partial charge in [0.2, 0.25) is 5.95 Å². The summed E-state index contributed by atoms with van der Waals surface area (Å²) >= 11 is 0.896. The Labute approximate surface area is 160 Å². The van der Waals surface area contributed by atoms with Gasteiger partial charge in [-0.2, -0.15) is 4.98 Å². The first-order valence-electron chi connectivity index (χ1n) is 8.79. The number of nitrogens with one attached hydrogen (secondary N) is 1. The molecule has 2 aliphatic heterocycles. The second-order valence-electron chi connectivity index (χ2n) is 6.86. The van der Waals surface area contributed by atoms with Crippen LogP contribution in [-0.2, 0) is 14.3 Å². The van der Waals surface area contributed by atoms with Crippen molar-refractivity contribution in [3.63, 3.8) is 0 Å². The molecule has 0 bridgehead atoms. The van der Waals surface area contributed by atoms with E-state index >= 15 is 0 Å². The van der Waals surface area contributed by atoms with Crippen LogP contribution in [-0.4, -0.2) is 56.3 Å². The summed E-state index contributed by atoms with van der Waals surface area (Å²) in [6.45, 7) is 5.34. The standard InChI is InChI=1S/C16H24N4O6S/c1-4-8(26-14(23)6(2)3)9-5-7(21)13(25-9)20-11-10(27-16(20)24)12(22)19-15(17)18-11/h6-9,13,16,21,24H,4-5H2,1-3H3,(H3,17,18,19,22)/t7-,8+,9+,13-,16?/m1/s1. The molecule has 0 radical (unpaired) electrons. The van der Waals surface area contributed by atoms with Gasteiger partial charge < -0.3 is 25.4 Å². The van der Waals surface area contributed by atoms with Gasteiger partial charge in [0.1, 0.15) is 17.1 Å². The smallest absolute Gasteiger partial charge is 0.308 e. The van der Waals surface area contributed by atoms with E-state index in [4.69, 9.17) is 15.2 Å². The molecule has 27 heavy (non-hydrogen) atoms. The number of hydrogen-bond acceptors (Lipinski definition) is 10. The first-order chi connectivity index (χ1) is 12.7. The van der Waals surface area contributed by atoms with Crippen molar-refractivity contribution < 1.29 is 24.5 Å². The number of carbonyl (C=O) groups excluding carboxylic acids is 1. The van der Waals surface area contributed by atoms with Crippen LogP contribution in [0, 0.1) is 5.92 Å². The molecular weight excluding hydrogens is 376 g/mol. The Morgan fingerprint density at radius 2 is 2.22 bits per heavy atom. The number of aromatic amines is 1. The number of H-pyrrole nitrogens is 1. The van der Waals surface area contributed by atoms with Crippen LogP contribution in [0.4, 0.5) is 11.8 Å². The lowest BCUT2D eigenvalue weighted by atomic mass is 10.1. The Balaban J connectivity index is 1.81. The molecule has 10 nitrogen and oxygen atoms in total. The Bertz CT molecular complexity index is 772. The van der Waals surface area contributed by atoms with Crippen LogP contribution in [0.5, 0.6) is 0 Å². The second kappa shape index (κ2) is 7.66. The number of nitrogens with zero attached hydrogens (tertiary/aromatic N) is 2. The minimum atomic E-state index is -1.16. The minimum Gasteiger partial charge on any atom is -0.459 e. The highest BCUT2D eigenvalue weighted by Crippen LogP contribution is 2.43. The van der Waals surface area contributed by atoms with E-state index in [1.165, 1.54) is 4.90 Å². The number of aliphatic hydroxyl groups is 2. The summed E-state index contributed by atoms with van der Waals surface area (Å²) in [6, 6.07) is 0. The van der Waals surface area contributed by atoms with E-state index in [0.29, 0.717) is 6.42 Å². The lowest BCUT2D eigenvalue weighted by Crippen LogP contribution is -2.46. The lowest BCUT2D eigenvalue weighted by Gasteiger charge is -2.30. The topological polar surface area (TPSA) is 151 Å². The maximum Gasteiger partial charge on any atom is 0.308 e. The van der Waals surface area contributed by atoms with Crippen LogP contribution in [0.3, 0.4) is 0 Å². The number of esters is 1. The molecule has 1 fully saturated rings. The van der Waals surface area contributed by atoms with Crippen LogP contribution >= 0.6 is 11.8 Å². The predicted octanol–water partition coefficient (Wildman–Crippen LogP) is -0.00620. The van der Waals surface area contributed by atoms with Gasteiger partial charge in [0.15, 0.2) is 17.6 Å². The van der Waals surface area contributed by atoms with Crippen molar-refractivity contribution in [3.8, 4) is 0 Å². The Kier molecular flexibility index (Phi) is 5.65. The van der Waals surface area contributed by atoms with Gasteiger partial charge in [-0.05, 0) is 6.42 Å². The van der Waals surface area contributed by atoms with E-state index in [9.17, 15) is 19.8 Å². The molecule has 1 saturated heterocycles. The zero-order valence-corrected chi connectivity index (χ0v) is 16.1. The molecule has 5 N–H and O–H groups in total. The average molecular weight is 400 g/mol. The van der Waals surface area contributed by atoms with Crippen LogP contribution in [0.15, 0.2) is 9.69 Å². The van der Waals surface area contributed by atoms with Crippen molar-refractivity contribution in [2.24, 2.45) is 5.92 Å². The number of aliphatic hydroxyl groups excluding tert-OH is 2. The zero-order valence-electron chi connectivity index (χ0n) is 15.3. The van der Waals surface area contributed by atoms with Gasteiger partial charge in [-0.25, -0.2) is 0 Å². The van der Waals surface area contributed by atoms with Gasteiger partial charge in [-0.3, -0.25) is 19.5 Å². The third-order valence-corrected chi connectivity index (χ3v) is 5.57. The minimum absolute atomic E-state index is 0.0974. The molecule has 5 atom stereocenters. The van der Waals surface area contributed by atoms with Crippen molar-refractivity contribution in [2.75, 3.05) is 10.6 Å². The molecule has 0 aliphatic carbocycles. The third-order valence-electron chi connectivity index (χ3n) is 4.53. The molecule has 0 spiro atoms. The highest BCUT2D eigenvalue weighted by molar-refractivity contribution is 8.00. The van der Waals surface area contributed by atoms with Gasteiger partial charge in [-0.15, -0.1) is 0 Å². The Hall–Kier alpha value is -1.82. The van der Waals surface area contributed by atoms with Gasteiger partial charge in [0.25, 0.3) is 5.56 Å². The summed E-state index contributed by atoms with van der Waals surface area (Å²) in [4.78, 5) is 31.9. The number of hydrogen-bond donors (Lipinski definition) is 4. The molecule has 11 heteroatoms. The normalized spacial score (nSPS) is 28.4. The fourth-order valence-electron chi connectivity index (χ4n) is 3.14. The van der Waals surface area contributed by atoms with Crippen molar-refractivity contribution in [1.29, 1.82) is 0 Å². The number of fused-ring (bicyclic) bond motifs is 1. The first-order valence-corrected chi connectivity index (χ1v) is 9.67. The van der Waals surface area contributed by atoms with E-state index < -0.39 is 35.7 Å². The van der Waals surface area contributed by atoms with Gasteiger partial charge in [0.05, 0.1) is 12.0 Å².